The molecule has 0 bridgehead atoms. The van der Waals surface area contributed by atoms with Crippen molar-refractivity contribution in [2.45, 2.75) is 0 Å². The summed E-state index contributed by atoms with van der Waals surface area (Å²) in [6.45, 7) is 0. The third kappa shape index (κ3) is 1.02. The Bertz CT molecular complexity index is 609. The Morgan fingerprint density at radius 1 is 1.00 bits per heavy atom. The van der Waals surface area contributed by atoms with Crippen molar-refractivity contribution in [2.75, 3.05) is 0 Å². The van der Waals surface area contributed by atoms with E-state index in [0.29, 0.717) is 5.56 Å². The van der Waals surface area contributed by atoms with Crippen molar-refractivity contribution in [1.82, 2.24) is 0 Å². The lowest BCUT2D eigenvalue weighted by atomic mass is 9.92. The molecule has 0 saturated heterocycles. The van der Waals surface area contributed by atoms with E-state index in [-0.39, 0.29) is 11.5 Å². The van der Waals surface area contributed by atoms with Crippen LogP contribution in [0.2, 0.25) is 0 Å². The van der Waals surface area contributed by atoms with Crippen molar-refractivity contribution >= 4 is 22.6 Å². The second-order valence-electron chi connectivity index (χ2n) is 3.60. The summed E-state index contributed by atoms with van der Waals surface area (Å²) in [6, 6.07) is 9.21. The molecule has 0 fully saturated rings. The van der Waals surface area contributed by atoms with Crippen LogP contribution >= 0.6 is 0 Å². The number of rotatable bonds is 0. The molecular weight excluding hydrogens is 188 g/mol. The van der Waals surface area contributed by atoms with Gasteiger partial charge in [0.2, 0.25) is 0 Å². The predicted octanol–water partition coefficient (Wildman–Crippen LogP) is 2.75. The fourth-order valence-electron chi connectivity index (χ4n) is 2.03. The van der Waals surface area contributed by atoms with Gasteiger partial charge >= 0.3 is 0 Å². The Labute approximate surface area is 86.5 Å². The molecule has 0 aliphatic heterocycles. The zero-order chi connectivity index (χ0) is 10.4. The fraction of sp³-hybridized carbons (Fsp3) is 0. The highest BCUT2D eigenvalue weighted by molar-refractivity contribution is 6.21. The van der Waals surface area contributed by atoms with Crippen molar-refractivity contribution in [3.8, 4) is 5.75 Å². The SMILES string of the molecule is O=C1C=Cc2cccc3ccc(O)c1c23. The van der Waals surface area contributed by atoms with Gasteiger partial charge in [-0.05, 0) is 23.1 Å². The summed E-state index contributed by atoms with van der Waals surface area (Å²) in [7, 11) is 0. The Hall–Kier alpha value is -2.09. The maximum atomic E-state index is 11.6. The number of phenols is 1. The van der Waals surface area contributed by atoms with Crippen LogP contribution in [0.15, 0.2) is 36.4 Å². The molecule has 2 nitrogen and oxygen atoms in total. The molecule has 0 aromatic heterocycles. The van der Waals surface area contributed by atoms with Gasteiger partial charge in [-0.15, -0.1) is 0 Å². The zero-order valence-electron chi connectivity index (χ0n) is 7.90. The monoisotopic (exact) mass is 196 g/mol. The van der Waals surface area contributed by atoms with E-state index in [0.717, 1.165) is 16.3 Å². The maximum absolute atomic E-state index is 11.6. The number of phenolic OH excluding ortho intramolecular Hbond substituents is 1. The minimum absolute atomic E-state index is 0.0595. The highest BCUT2D eigenvalue weighted by atomic mass is 16.3. The summed E-state index contributed by atoms with van der Waals surface area (Å²) in [5.41, 5.74) is 1.41. The van der Waals surface area contributed by atoms with Gasteiger partial charge in [0.15, 0.2) is 5.78 Å². The first-order valence-electron chi connectivity index (χ1n) is 4.74. The van der Waals surface area contributed by atoms with Crippen LogP contribution in [-0.4, -0.2) is 10.9 Å². The first-order valence-corrected chi connectivity index (χ1v) is 4.74. The summed E-state index contributed by atoms with van der Waals surface area (Å²) in [6.07, 6.45) is 3.29. The molecule has 1 aliphatic carbocycles. The number of ketones is 1. The minimum atomic E-state index is -0.128. The van der Waals surface area contributed by atoms with E-state index in [1.807, 2.05) is 24.3 Å². The first-order chi connectivity index (χ1) is 7.27. The lowest BCUT2D eigenvalue weighted by Crippen LogP contribution is -2.01. The smallest absolute Gasteiger partial charge is 0.190 e. The minimum Gasteiger partial charge on any atom is -0.507 e. The number of aromatic hydroxyl groups is 1. The molecule has 0 radical (unpaired) electrons. The third-order valence-electron chi connectivity index (χ3n) is 2.72. The highest BCUT2D eigenvalue weighted by Crippen LogP contribution is 2.33. The van der Waals surface area contributed by atoms with Crippen molar-refractivity contribution in [2.24, 2.45) is 0 Å². The lowest BCUT2D eigenvalue weighted by molar-refractivity contribution is 0.104. The van der Waals surface area contributed by atoms with Crippen molar-refractivity contribution in [3.05, 3.63) is 47.5 Å². The molecule has 2 aromatic rings. The van der Waals surface area contributed by atoms with Crippen molar-refractivity contribution < 1.29 is 9.90 Å². The van der Waals surface area contributed by atoms with Gasteiger partial charge in [0.1, 0.15) is 5.75 Å². The molecule has 0 heterocycles. The van der Waals surface area contributed by atoms with Crippen LogP contribution in [0.4, 0.5) is 0 Å². The molecule has 3 rings (SSSR count). The Balaban J connectivity index is 2.60. The number of carbonyl (C=O) groups is 1. The quantitative estimate of drug-likeness (QED) is 0.703. The normalized spacial score (nSPS) is 13.5. The van der Waals surface area contributed by atoms with E-state index in [1.54, 1.807) is 12.1 Å². The van der Waals surface area contributed by atoms with E-state index >= 15 is 0 Å². The summed E-state index contributed by atoms with van der Waals surface area (Å²) in [5, 5.41) is 11.5. The topological polar surface area (TPSA) is 37.3 Å². The summed E-state index contributed by atoms with van der Waals surface area (Å²) in [4.78, 5) is 11.6. The van der Waals surface area contributed by atoms with Crippen LogP contribution in [0.1, 0.15) is 15.9 Å². The van der Waals surface area contributed by atoms with Gasteiger partial charge in [-0.25, -0.2) is 0 Å². The van der Waals surface area contributed by atoms with Crippen LogP contribution in [0, 0.1) is 0 Å². The number of allylic oxidation sites excluding steroid dienone is 1. The van der Waals surface area contributed by atoms with Gasteiger partial charge in [0.25, 0.3) is 0 Å². The fourth-order valence-corrected chi connectivity index (χ4v) is 2.03. The largest absolute Gasteiger partial charge is 0.507 e. The van der Waals surface area contributed by atoms with Gasteiger partial charge in [-0.2, -0.15) is 0 Å². The molecule has 2 aromatic carbocycles. The number of carbonyl (C=O) groups excluding carboxylic acids is 1. The third-order valence-corrected chi connectivity index (χ3v) is 2.72. The molecule has 0 amide bonds. The van der Waals surface area contributed by atoms with E-state index in [4.69, 9.17) is 0 Å². The molecule has 0 saturated carbocycles. The standard InChI is InChI=1S/C13H8O2/c14-10-6-4-8-2-1-3-9-5-7-11(15)13(10)12(8)9/h1-7,14H. The van der Waals surface area contributed by atoms with Crippen LogP contribution in [0.5, 0.6) is 5.75 Å². The predicted molar refractivity (Wildman–Crippen MR) is 59.0 cm³/mol. The van der Waals surface area contributed by atoms with Crippen LogP contribution < -0.4 is 0 Å². The van der Waals surface area contributed by atoms with Crippen molar-refractivity contribution in [1.29, 1.82) is 0 Å². The van der Waals surface area contributed by atoms with Gasteiger partial charge in [0, 0.05) is 5.39 Å². The molecule has 72 valence electrons. The first kappa shape index (κ1) is 8.24. The van der Waals surface area contributed by atoms with Gasteiger partial charge < -0.3 is 5.11 Å². The molecule has 15 heavy (non-hydrogen) atoms. The van der Waals surface area contributed by atoms with Crippen LogP contribution in [-0.2, 0) is 0 Å². The average Bonchev–Trinajstić information content (AvgIpc) is 2.25. The summed E-state index contributed by atoms with van der Waals surface area (Å²) in [5.74, 6) is -0.0684. The number of hydrogen-bond acceptors (Lipinski definition) is 2. The number of hydrogen-bond donors (Lipinski definition) is 1. The molecule has 1 aliphatic rings. The van der Waals surface area contributed by atoms with Crippen LogP contribution in [0.25, 0.3) is 16.8 Å². The van der Waals surface area contributed by atoms with Crippen molar-refractivity contribution in [3.63, 3.8) is 0 Å². The highest BCUT2D eigenvalue weighted by Gasteiger charge is 2.18. The molecule has 2 heteroatoms. The second-order valence-corrected chi connectivity index (χ2v) is 3.60. The summed E-state index contributed by atoms with van der Waals surface area (Å²) >= 11 is 0. The molecule has 0 spiro atoms. The Morgan fingerprint density at radius 3 is 2.73 bits per heavy atom. The van der Waals surface area contributed by atoms with Gasteiger partial charge in [-0.1, -0.05) is 30.3 Å². The molecular formula is C13H8O2. The number of benzene rings is 2. The average molecular weight is 196 g/mol. The van der Waals surface area contributed by atoms with E-state index in [9.17, 15) is 9.90 Å². The van der Waals surface area contributed by atoms with Gasteiger partial charge in [-0.3, -0.25) is 4.79 Å². The van der Waals surface area contributed by atoms with E-state index < -0.39 is 0 Å². The molecule has 0 atom stereocenters. The van der Waals surface area contributed by atoms with E-state index in [2.05, 4.69) is 0 Å². The lowest BCUT2D eigenvalue weighted by Gasteiger charge is -2.12. The second kappa shape index (κ2) is 2.70. The Morgan fingerprint density at radius 2 is 1.87 bits per heavy atom. The van der Waals surface area contributed by atoms with E-state index in [1.165, 1.54) is 6.08 Å². The zero-order valence-corrected chi connectivity index (χ0v) is 7.90. The Kier molecular flexibility index (Phi) is 1.48. The van der Waals surface area contributed by atoms with Crippen LogP contribution in [0.3, 0.4) is 0 Å². The molecule has 0 unspecified atom stereocenters. The summed E-state index contributed by atoms with van der Waals surface area (Å²) < 4.78 is 0. The molecule has 1 N–H and O–H groups in total. The van der Waals surface area contributed by atoms with Gasteiger partial charge in [0.05, 0.1) is 5.56 Å². The maximum Gasteiger partial charge on any atom is 0.190 e.